The smallest absolute Gasteiger partial charge is 0.238 e. The lowest BCUT2D eigenvalue weighted by atomic mass is 9.87. The standard InChI is InChI=1S/C69H45N5/c1-5-23-46(24-6-1)53-31-13-14-33-55(53)50-43-51(56-34-16-18-36-58(56)57-35-17-15-32-54(57)47-25-7-2-8-26-47)45-52(44-50)73-63-39-21-19-37-59(63)61-41-42-62-60-38-20-22-40-64(60)74(66(62)65(61)73)69-71-67(48-27-9-3-10-28-48)70-68(72-69)49-29-11-4-12-30-49/h1-45H. The molecule has 0 aliphatic rings. The molecule has 14 rings (SSSR count). The fourth-order valence-corrected chi connectivity index (χ4v) is 11.1. The summed E-state index contributed by atoms with van der Waals surface area (Å²) in [6, 6.07) is 97.5. The summed E-state index contributed by atoms with van der Waals surface area (Å²) in [7, 11) is 0. The zero-order valence-electron chi connectivity index (χ0n) is 40.2. The summed E-state index contributed by atoms with van der Waals surface area (Å²) in [6.07, 6.45) is 0. The molecule has 5 heteroatoms. The van der Waals surface area contributed by atoms with E-state index in [0.29, 0.717) is 17.6 Å². The van der Waals surface area contributed by atoms with E-state index in [2.05, 4.69) is 246 Å². The van der Waals surface area contributed by atoms with Gasteiger partial charge in [-0.25, -0.2) is 4.98 Å². The van der Waals surface area contributed by atoms with Gasteiger partial charge in [-0.05, 0) is 86.0 Å². The Bertz CT molecular complexity index is 4350. The van der Waals surface area contributed by atoms with E-state index in [1.165, 1.54) is 22.3 Å². The van der Waals surface area contributed by atoms with E-state index < -0.39 is 0 Å². The van der Waals surface area contributed by atoms with Gasteiger partial charge in [0.25, 0.3) is 0 Å². The summed E-state index contributed by atoms with van der Waals surface area (Å²) in [6.45, 7) is 0. The maximum atomic E-state index is 5.38. The van der Waals surface area contributed by atoms with Crippen molar-refractivity contribution in [2.75, 3.05) is 0 Å². The molecule has 0 amide bonds. The van der Waals surface area contributed by atoms with Gasteiger partial charge in [0.15, 0.2) is 11.6 Å². The molecule has 11 aromatic carbocycles. The molecule has 0 unspecified atom stereocenters. The Morgan fingerprint density at radius 1 is 0.230 bits per heavy atom. The lowest BCUT2D eigenvalue weighted by Crippen LogP contribution is -2.07. The highest BCUT2D eigenvalue weighted by Gasteiger charge is 2.25. The van der Waals surface area contributed by atoms with E-state index in [9.17, 15) is 0 Å². The minimum atomic E-state index is 0.547. The molecule has 5 nitrogen and oxygen atoms in total. The van der Waals surface area contributed by atoms with Gasteiger partial charge in [0, 0.05) is 38.4 Å². The van der Waals surface area contributed by atoms with Crippen LogP contribution in [0.3, 0.4) is 0 Å². The van der Waals surface area contributed by atoms with Crippen LogP contribution in [0, 0.1) is 0 Å². The highest BCUT2D eigenvalue weighted by Crippen LogP contribution is 2.45. The average molecular weight is 944 g/mol. The van der Waals surface area contributed by atoms with E-state index in [0.717, 1.165) is 93.8 Å². The first kappa shape index (κ1) is 42.9. The third kappa shape index (κ3) is 7.29. The predicted molar refractivity (Wildman–Crippen MR) is 307 cm³/mol. The van der Waals surface area contributed by atoms with Gasteiger partial charge >= 0.3 is 0 Å². The molecule has 0 bridgehead atoms. The van der Waals surface area contributed by atoms with Crippen LogP contribution in [0.5, 0.6) is 0 Å². The Labute approximate surface area is 428 Å². The van der Waals surface area contributed by atoms with Gasteiger partial charge in [0.05, 0.1) is 22.1 Å². The molecule has 0 atom stereocenters. The number of fused-ring (bicyclic) bond motifs is 7. The summed E-state index contributed by atoms with van der Waals surface area (Å²) in [4.78, 5) is 15.9. The van der Waals surface area contributed by atoms with Crippen LogP contribution in [0.1, 0.15) is 0 Å². The molecule has 14 aromatic rings. The number of rotatable bonds is 9. The molecule has 74 heavy (non-hydrogen) atoms. The topological polar surface area (TPSA) is 48.5 Å². The molecule has 0 fully saturated rings. The van der Waals surface area contributed by atoms with Crippen LogP contribution in [0.15, 0.2) is 273 Å². The first-order chi connectivity index (χ1) is 36.7. The maximum Gasteiger partial charge on any atom is 0.238 e. The summed E-state index contributed by atoms with van der Waals surface area (Å²) in [5, 5.41) is 4.50. The summed E-state index contributed by atoms with van der Waals surface area (Å²) >= 11 is 0. The van der Waals surface area contributed by atoms with E-state index in [4.69, 9.17) is 15.0 Å². The third-order valence-corrected chi connectivity index (χ3v) is 14.4. The van der Waals surface area contributed by atoms with E-state index >= 15 is 0 Å². The summed E-state index contributed by atoms with van der Waals surface area (Å²) in [5.41, 5.74) is 18.6. The fraction of sp³-hybridized carbons (Fsp3) is 0. The first-order valence-corrected chi connectivity index (χ1v) is 25.1. The highest BCUT2D eigenvalue weighted by molar-refractivity contribution is 6.23. The van der Waals surface area contributed by atoms with Gasteiger partial charge in [-0.3, -0.25) is 4.57 Å². The van der Waals surface area contributed by atoms with E-state index in [1.807, 2.05) is 36.4 Å². The lowest BCUT2D eigenvalue weighted by Gasteiger charge is -2.19. The molecule has 346 valence electrons. The van der Waals surface area contributed by atoms with E-state index in [1.54, 1.807) is 0 Å². The van der Waals surface area contributed by atoms with Crippen molar-refractivity contribution in [2.45, 2.75) is 0 Å². The maximum absolute atomic E-state index is 5.38. The Morgan fingerprint density at radius 2 is 0.568 bits per heavy atom. The average Bonchev–Trinajstić information content (AvgIpc) is 4.07. The van der Waals surface area contributed by atoms with Crippen molar-refractivity contribution in [3.8, 4) is 90.0 Å². The number of aromatic nitrogens is 5. The van der Waals surface area contributed by atoms with Crippen molar-refractivity contribution in [2.24, 2.45) is 0 Å². The van der Waals surface area contributed by atoms with Crippen molar-refractivity contribution in [1.29, 1.82) is 0 Å². The Balaban J connectivity index is 1.10. The van der Waals surface area contributed by atoms with Crippen molar-refractivity contribution in [1.82, 2.24) is 24.1 Å². The Kier molecular flexibility index (Phi) is 10.4. The van der Waals surface area contributed by atoms with Crippen LogP contribution in [0.4, 0.5) is 0 Å². The van der Waals surface area contributed by atoms with Gasteiger partial charge in [-0.2, -0.15) is 9.97 Å². The zero-order valence-corrected chi connectivity index (χ0v) is 40.2. The van der Waals surface area contributed by atoms with Crippen molar-refractivity contribution >= 4 is 43.6 Å². The molecule has 0 aliphatic heterocycles. The monoisotopic (exact) mass is 943 g/mol. The molecular formula is C69H45N5. The van der Waals surface area contributed by atoms with Crippen LogP contribution < -0.4 is 0 Å². The normalized spacial score (nSPS) is 11.5. The molecule has 0 saturated carbocycles. The Morgan fingerprint density at radius 3 is 1.04 bits per heavy atom. The molecule has 0 aliphatic carbocycles. The van der Waals surface area contributed by atoms with Crippen molar-refractivity contribution < 1.29 is 0 Å². The van der Waals surface area contributed by atoms with Crippen LogP contribution >= 0.6 is 0 Å². The highest BCUT2D eigenvalue weighted by atomic mass is 15.2. The van der Waals surface area contributed by atoms with E-state index in [-0.39, 0.29) is 0 Å². The molecular weight excluding hydrogens is 899 g/mol. The summed E-state index contributed by atoms with van der Waals surface area (Å²) in [5.74, 6) is 1.76. The second-order valence-corrected chi connectivity index (χ2v) is 18.7. The number of nitrogens with zero attached hydrogens (tertiary/aromatic N) is 5. The quantitative estimate of drug-likeness (QED) is 0.145. The number of para-hydroxylation sites is 2. The zero-order chi connectivity index (χ0) is 49.0. The predicted octanol–water partition coefficient (Wildman–Crippen LogP) is 17.7. The van der Waals surface area contributed by atoms with Crippen LogP contribution in [-0.2, 0) is 0 Å². The number of benzene rings is 11. The third-order valence-electron chi connectivity index (χ3n) is 14.4. The van der Waals surface area contributed by atoms with Crippen LogP contribution in [-0.4, -0.2) is 24.1 Å². The first-order valence-electron chi connectivity index (χ1n) is 25.1. The minimum Gasteiger partial charge on any atom is -0.307 e. The second-order valence-electron chi connectivity index (χ2n) is 18.7. The number of hydrogen-bond acceptors (Lipinski definition) is 3. The van der Waals surface area contributed by atoms with Crippen molar-refractivity contribution in [3.05, 3.63) is 273 Å². The lowest BCUT2D eigenvalue weighted by molar-refractivity contribution is 0.953. The summed E-state index contributed by atoms with van der Waals surface area (Å²) < 4.78 is 4.76. The van der Waals surface area contributed by atoms with Crippen LogP contribution in [0.25, 0.3) is 134 Å². The molecule has 0 spiro atoms. The largest absolute Gasteiger partial charge is 0.307 e. The number of hydrogen-bond donors (Lipinski definition) is 0. The molecule has 3 heterocycles. The van der Waals surface area contributed by atoms with Crippen LogP contribution in [0.2, 0.25) is 0 Å². The molecule has 0 radical (unpaired) electrons. The van der Waals surface area contributed by atoms with Gasteiger partial charge in [0.1, 0.15) is 0 Å². The van der Waals surface area contributed by atoms with Gasteiger partial charge < -0.3 is 4.57 Å². The Hall–Kier alpha value is -9.97. The van der Waals surface area contributed by atoms with Crippen molar-refractivity contribution in [3.63, 3.8) is 0 Å². The minimum absolute atomic E-state index is 0.547. The van der Waals surface area contributed by atoms with Gasteiger partial charge in [-0.15, -0.1) is 0 Å². The molecule has 0 N–H and O–H groups in total. The van der Waals surface area contributed by atoms with Gasteiger partial charge in [0.2, 0.25) is 5.95 Å². The SMILES string of the molecule is c1ccc(-c2nc(-c3ccccc3)nc(-n3c4ccccc4c4ccc5c6ccccc6n(-c6cc(-c7ccccc7-c7ccccc7)cc(-c7ccccc7-c7ccccc7-c7ccccc7)c6)c5c43)n2)cc1. The second kappa shape index (κ2) is 18.0. The molecule has 0 saturated heterocycles. The fourth-order valence-electron chi connectivity index (χ4n) is 11.1. The molecule has 3 aromatic heterocycles. The van der Waals surface area contributed by atoms with Gasteiger partial charge in [-0.1, -0.05) is 243 Å².